The van der Waals surface area contributed by atoms with Gasteiger partial charge in [0.1, 0.15) is 17.4 Å². The molecule has 2 saturated heterocycles. The lowest BCUT2D eigenvalue weighted by atomic mass is 10.0. The maximum atomic E-state index is 15.1. The van der Waals surface area contributed by atoms with E-state index < -0.39 is 23.7 Å². The minimum atomic E-state index is -0.722. The molecule has 5 rings (SSSR count). The van der Waals surface area contributed by atoms with Crippen molar-refractivity contribution in [1.29, 1.82) is 0 Å². The van der Waals surface area contributed by atoms with Gasteiger partial charge in [-0.2, -0.15) is 0 Å². The fraction of sp³-hybridized carbons (Fsp3) is 0.429. The highest BCUT2D eigenvalue weighted by Crippen LogP contribution is 2.31. The zero-order valence-corrected chi connectivity index (χ0v) is 25.5. The Morgan fingerprint density at radius 1 is 0.886 bits per heavy atom. The van der Waals surface area contributed by atoms with Crippen LogP contribution in [0.5, 0.6) is 5.75 Å². The van der Waals surface area contributed by atoms with Crippen LogP contribution < -0.4 is 4.74 Å². The Morgan fingerprint density at radius 3 is 2.30 bits per heavy atom. The Balaban J connectivity index is 1.22. The van der Waals surface area contributed by atoms with Crippen molar-refractivity contribution in [2.45, 2.75) is 57.8 Å². The lowest BCUT2D eigenvalue weighted by Gasteiger charge is -2.43. The smallest absolute Gasteiger partial charge is 0.326 e. The van der Waals surface area contributed by atoms with Gasteiger partial charge in [0.05, 0.1) is 24.9 Å². The van der Waals surface area contributed by atoms with Crippen LogP contribution >= 0.6 is 0 Å². The van der Waals surface area contributed by atoms with Gasteiger partial charge in [0.25, 0.3) is 0 Å². The first-order valence-corrected chi connectivity index (χ1v) is 15.5. The van der Waals surface area contributed by atoms with E-state index in [-0.39, 0.29) is 49.7 Å². The standard InChI is InChI=1S/C35H41F2N3O4/c1-25-22-39(23-26(2)44-25)32(34-30(36)14-7-15-31(34)37)24-38-18-17-33(41)40(35(38)42)19-16-28-11-6-13-29(21-28)43-20-8-12-27-9-4-3-5-10-27/h3-7,9-11,13-15,21,25-26,32H,8,12,16-20,22-24H2,1-2H3. The summed E-state index contributed by atoms with van der Waals surface area (Å²) in [6, 6.07) is 20.6. The molecule has 2 aliphatic rings. The number of benzene rings is 3. The fourth-order valence-corrected chi connectivity index (χ4v) is 6.17. The number of amides is 3. The maximum absolute atomic E-state index is 15.1. The molecule has 0 saturated carbocycles. The van der Waals surface area contributed by atoms with Gasteiger partial charge in [-0.15, -0.1) is 0 Å². The summed E-state index contributed by atoms with van der Waals surface area (Å²) < 4.78 is 42.0. The van der Waals surface area contributed by atoms with E-state index in [0.717, 1.165) is 24.2 Å². The summed E-state index contributed by atoms with van der Waals surface area (Å²) in [6.45, 7) is 5.84. The Kier molecular flexibility index (Phi) is 10.6. The summed E-state index contributed by atoms with van der Waals surface area (Å²) in [5, 5.41) is 0. The van der Waals surface area contributed by atoms with Crippen LogP contribution in [0.15, 0.2) is 72.8 Å². The number of ether oxygens (including phenoxy) is 2. The molecule has 3 atom stereocenters. The molecule has 3 aromatic rings. The van der Waals surface area contributed by atoms with E-state index in [2.05, 4.69) is 12.1 Å². The number of carbonyl (C=O) groups excluding carboxylic acids is 2. The van der Waals surface area contributed by atoms with Gasteiger partial charge >= 0.3 is 6.03 Å². The predicted molar refractivity (Wildman–Crippen MR) is 164 cm³/mol. The zero-order chi connectivity index (χ0) is 31.1. The van der Waals surface area contributed by atoms with Crippen molar-refractivity contribution >= 4 is 11.9 Å². The summed E-state index contributed by atoms with van der Waals surface area (Å²) in [7, 11) is 0. The first-order chi connectivity index (χ1) is 21.3. The monoisotopic (exact) mass is 605 g/mol. The SMILES string of the molecule is CC1CN(C(CN2CCC(=O)N(CCc3cccc(OCCCc4ccccc4)c3)C2=O)c2c(F)cccc2F)CC(C)O1. The Morgan fingerprint density at radius 2 is 1.57 bits per heavy atom. The van der Waals surface area contributed by atoms with Crippen molar-refractivity contribution < 1.29 is 27.8 Å². The average Bonchev–Trinajstić information content (AvgIpc) is 3.00. The van der Waals surface area contributed by atoms with Crippen LogP contribution in [-0.4, -0.2) is 78.2 Å². The summed E-state index contributed by atoms with van der Waals surface area (Å²) in [5.41, 5.74) is 2.16. The first kappa shape index (κ1) is 31.6. The van der Waals surface area contributed by atoms with Gasteiger partial charge in [-0.3, -0.25) is 14.6 Å². The fourth-order valence-electron chi connectivity index (χ4n) is 6.17. The van der Waals surface area contributed by atoms with Crippen LogP contribution in [0.3, 0.4) is 0 Å². The van der Waals surface area contributed by atoms with Crippen molar-refractivity contribution in [3.8, 4) is 5.75 Å². The molecule has 9 heteroatoms. The van der Waals surface area contributed by atoms with Crippen LogP contribution in [0.2, 0.25) is 0 Å². The van der Waals surface area contributed by atoms with Crippen molar-refractivity contribution in [3.05, 3.63) is 101 Å². The molecule has 3 aromatic carbocycles. The molecule has 0 N–H and O–H groups in total. The highest BCUT2D eigenvalue weighted by Gasteiger charge is 2.38. The number of aryl methyl sites for hydroxylation is 1. The number of halogens is 2. The summed E-state index contributed by atoms with van der Waals surface area (Å²) in [4.78, 5) is 31.3. The van der Waals surface area contributed by atoms with E-state index in [9.17, 15) is 9.59 Å². The molecule has 234 valence electrons. The van der Waals surface area contributed by atoms with Crippen molar-refractivity contribution in [3.63, 3.8) is 0 Å². The minimum absolute atomic E-state index is 0.0617. The average molecular weight is 606 g/mol. The third-order valence-electron chi connectivity index (χ3n) is 8.26. The molecule has 0 spiro atoms. The number of urea groups is 1. The highest BCUT2D eigenvalue weighted by molar-refractivity contribution is 5.96. The first-order valence-electron chi connectivity index (χ1n) is 15.5. The molecule has 7 nitrogen and oxygen atoms in total. The van der Waals surface area contributed by atoms with Gasteiger partial charge in [0, 0.05) is 44.7 Å². The van der Waals surface area contributed by atoms with Gasteiger partial charge in [-0.05, 0) is 68.5 Å². The van der Waals surface area contributed by atoms with Gasteiger partial charge in [0.2, 0.25) is 5.91 Å². The van der Waals surface area contributed by atoms with E-state index in [1.807, 2.05) is 61.2 Å². The largest absolute Gasteiger partial charge is 0.494 e. The molecule has 2 heterocycles. The van der Waals surface area contributed by atoms with Crippen LogP contribution in [0.4, 0.5) is 13.6 Å². The van der Waals surface area contributed by atoms with Crippen molar-refractivity contribution in [2.24, 2.45) is 0 Å². The van der Waals surface area contributed by atoms with Crippen molar-refractivity contribution in [2.75, 3.05) is 39.3 Å². The third-order valence-corrected chi connectivity index (χ3v) is 8.26. The molecule has 0 bridgehead atoms. The Hall–Kier alpha value is -3.82. The van der Waals surface area contributed by atoms with Gasteiger partial charge < -0.3 is 14.4 Å². The van der Waals surface area contributed by atoms with Crippen LogP contribution in [-0.2, 0) is 22.4 Å². The second-order valence-electron chi connectivity index (χ2n) is 11.7. The van der Waals surface area contributed by atoms with Gasteiger partial charge in [-0.25, -0.2) is 13.6 Å². The number of imide groups is 1. The molecule has 0 aliphatic carbocycles. The van der Waals surface area contributed by atoms with E-state index in [1.54, 1.807) is 4.90 Å². The van der Waals surface area contributed by atoms with E-state index in [0.29, 0.717) is 26.1 Å². The second kappa shape index (κ2) is 14.8. The molecule has 2 aliphatic heterocycles. The predicted octanol–water partition coefficient (Wildman–Crippen LogP) is 6.02. The van der Waals surface area contributed by atoms with E-state index >= 15 is 8.78 Å². The number of nitrogens with zero attached hydrogens (tertiary/aromatic N) is 3. The summed E-state index contributed by atoms with van der Waals surface area (Å²) >= 11 is 0. The number of rotatable bonds is 12. The molecule has 2 fully saturated rings. The normalized spacial score (nSPS) is 20.2. The number of hydrogen-bond donors (Lipinski definition) is 0. The van der Waals surface area contributed by atoms with Gasteiger partial charge in [-0.1, -0.05) is 48.5 Å². The quantitative estimate of drug-likeness (QED) is 0.236. The van der Waals surface area contributed by atoms with Crippen molar-refractivity contribution in [1.82, 2.24) is 14.7 Å². The number of hydrogen-bond acceptors (Lipinski definition) is 5. The van der Waals surface area contributed by atoms with Gasteiger partial charge in [0.15, 0.2) is 0 Å². The van der Waals surface area contributed by atoms with Crippen LogP contribution in [0.25, 0.3) is 0 Å². The molecule has 3 amide bonds. The lowest BCUT2D eigenvalue weighted by molar-refractivity contribution is -0.131. The maximum Gasteiger partial charge on any atom is 0.326 e. The lowest BCUT2D eigenvalue weighted by Crippen LogP contribution is -2.56. The van der Waals surface area contributed by atoms with Crippen LogP contribution in [0, 0.1) is 11.6 Å². The zero-order valence-electron chi connectivity index (χ0n) is 25.5. The van der Waals surface area contributed by atoms with E-state index in [4.69, 9.17) is 9.47 Å². The van der Waals surface area contributed by atoms with Crippen LogP contribution in [0.1, 0.15) is 49.4 Å². The molecular formula is C35H41F2N3O4. The molecular weight excluding hydrogens is 564 g/mol. The molecule has 0 radical (unpaired) electrons. The second-order valence-corrected chi connectivity index (χ2v) is 11.7. The number of morpholine rings is 1. The van der Waals surface area contributed by atoms with E-state index in [1.165, 1.54) is 28.7 Å². The summed E-state index contributed by atoms with van der Waals surface area (Å²) in [6.07, 6.45) is 2.19. The summed E-state index contributed by atoms with van der Waals surface area (Å²) in [5.74, 6) is -0.804. The Labute approximate surface area is 258 Å². The highest BCUT2D eigenvalue weighted by atomic mass is 19.1. The molecule has 44 heavy (non-hydrogen) atoms. The minimum Gasteiger partial charge on any atom is -0.494 e. The molecule has 3 unspecified atom stereocenters. The third kappa shape index (κ3) is 8.01. The number of carbonyl (C=O) groups is 2. The topological polar surface area (TPSA) is 62.3 Å². The molecule has 0 aromatic heterocycles. The Bertz CT molecular complexity index is 1390.